The summed E-state index contributed by atoms with van der Waals surface area (Å²) in [6.45, 7) is 7.53. The van der Waals surface area contributed by atoms with Crippen LogP contribution in [-0.2, 0) is 10.5 Å². The third kappa shape index (κ3) is 5.97. The van der Waals surface area contributed by atoms with Gasteiger partial charge in [-0.2, -0.15) is 0 Å². The zero-order chi connectivity index (χ0) is 15.2. The molecule has 0 aliphatic heterocycles. The maximum atomic E-state index is 12.1. The molecule has 1 aromatic rings. The first-order chi connectivity index (χ1) is 9.34. The molecule has 2 N–H and O–H groups in total. The molecule has 0 aliphatic rings. The normalized spacial score (nSPS) is 11.4. The minimum absolute atomic E-state index is 0.0222. The quantitative estimate of drug-likeness (QED) is 0.841. The molecule has 0 saturated heterocycles. The number of rotatable bonds is 7. The summed E-state index contributed by atoms with van der Waals surface area (Å²) >= 11 is 1.66. The molecule has 0 aliphatic carbocycles. The Morgan fingerprint density at radius 2 is 2.10 bits per heavy atom. The van der Waals surface area contributed by atoms with Crippen molar-refractivity contribution in [3.63, 3.8) is 0 Å². The van der Waals surface area contributed by atoms with E-state index < -0.39 is 0 Å². The lowest BCUT2D eigenvalue weighted by Gasteiger charge is -2.29. The second-order valence-electron chi connectivity index (χ2n) is 6.10. The first kappa shape index (κ1) is 17.1. The van der Waals surface area contributed by atoms with Crippen molar-refractivity contribution in [1.29, 1.82) is 0 Å². The Morgan fingerprint density at radius 1 is 1.40 bits per heavy atom. The van der Waals surface area contributed by atoms with Crippen LogP contribution >= 0.6 is 11.8 Å². The number of benzene rings is 1. The van der Waals surface area contributed by atoms with Crippen LogP contribution in [0.3, 0.4) is 0 Å². The molecule has 0 unspecified atom stereocenters. The molecule has 1 rings (SSSR count). The Kier molecular flexibility index (Phi) is 6.56. The zero-order valence-corrected chi connectivity index (χ0v) is 13.8. The zero-order valence-electron chi connectivity index (χ0n) is 13.0. The Labute approximate surface area is 126 Å². The molecule has 0 fully saturated rings. The lowest BCUT2D eigenvalue weighted by atomic mass is 9.93. The third-order valence-corrected chi connectivity index (χ3v) is 4.21. The summed E-state index contributed by atoms with van der Waals surface area (Å²) in [6, 6.07) is 8.41. The predicted octanol–water partition coefficient (Wildman–Crippen LogP) is 2.67. The van der Waals surface area contributed by atoms with Crippen molar-refractivity contribution in [1.82, 2.24) is 4.90 Å². The van der Waals surface area contributed by atoms with Crippen LogP contribution in [0.25, 0.3) is 0 Å². The van der Waals surface area contributed by atoms with Crippen LogP contribution in [0, 0.1) is 12.3 Å². The standard InChI is InChI=1S/C16H26N2OS/c1-13-6-5-7-14(8-13)9-20-10-15(19)18(4)12-16(2,3)11-17/h5-8H,9-12,17H2,1-4H3. The second kappa shape index (κ2) is 7.70. The molecular weight excluding hydrogens is 268 g/mol. The summed E-state index contributed by atoms with van der Waals surface area (Å²) in [6.07, 6.45) is 0. The molecule has 0 spiro atoms. The molecule has 0 atom stereocenters. The third-order valence-electron chi connectivity index (χ3n) is 3.22. The Balaban J connectivity index is 2.36. The fraction of sp³-hybridized carbons (Fsp3) is 0.562. The molecule has 0 radical (unpaired) electrons. The van der Waals surface area contributed by atoms with Gasteiger partial charge in [0, 0.05) is 19.3 Å². The van der Waals surface area contributed by atoms with Gasteiger partial charge in [-0.3, -0.25) is 4.79 Å². The van der Waals surface area contributed by atoms with E-state index in [-0.39, 0.29) is 11.3 Å². The molecule has 112 valence electrons. The van der Waals surface area contributed by atoms with Crippen LogP contribution in [0.1, 0.15) is 25.0 Å². The molecule has 20 heavy (non-hydrogen) atoms. The van der Waals surface area contributed by atoms with Crippen LogP contribution in [-0.4, -0.2) is 36.7 Å². The minimum atomic E-state index is -0.0222. The Bertz CT molecular complexity index is 446. The van der Waals surface area contributed by atoms with Crippen molar-refractivity contribution in [2.24, 2.45) is 11.1 Å². The van der Waals surface area contributed by atoms with Crippen molar-refractivity contribution in [2.75, 3.05) is 25.9 Å². The van der Waals surface area contributed by atoms with Gasteiger partial charge in [0.05, 0.1) is 5.75 Å². The smallest absolute Gasteiger partial charge is 0.232 e. The van der Waals surface area contributed by atoms with Crippen LogP contribution in [0.4, 0.5) is 0 Å². The lowest BCUT2D eigenvalue weighted by molar-refractivity contribution is -0.128. The number of nitrogens with two attached hydrogens (primary N) is 1. The van der Waals surface area contributed by atoms with Gasteiger partial charge < -0.3 is 10.6 Å². The van der Waals surface area contributed by atoms with Crippen molar-refractivity contribution in [3.05, 3.63) is 35.4 Å². The van der Waals surface area contributed by atoms with Crippen LogP contribution in [0.5, 0.6) is 0 Å². The van der Waals surface area contributed by atoms with Gasteiger partial charge in [-0.25, -0.2) is 0 Å². The van der Waals surface area contributed by atoms with Crippen LogP contribution in [0.15, 0.2) is 24.3 Å². The summed E-state index contributed by atoms with van der Waals surface area (Å²) in [5.41, 5.74) is 8.21. The number of nitrogens with zero attached hydrogens (tertiary/aromatic N) is 1. The number of hydrogen-bond acceptors (Lipinski definition) is 3. The highest BCUT2D eigenvalue weighted by Gasteiger charge is 2.20. The van der Waals surface area contributed by atoms with E-state index in [0.29, 0.717) is 18.8 Å². The monoisotopic (exact) mass is 294 g/mol. The molecule has 0 bridgehead atoms. The fourth-order valence-corrected chi connectivity index (χ4v) is 2.88. The van der Waals surface area contributed by atoms with E-state index in [0.717, 1.165) is 5.75 Å². The fourth-order valence-electron chi connectivity index (χ4n) is 1.96. The molecule has 1 aromatic carbocycles. The van der Waals surface area contributed by atoms with Crippen molar-refractivity contribution in [3.8, 4) is 0 Å². The van der Waals surface area contributed by atoms with Crippen molar-refractivity contribution >= 4 is 17.7 Å². The van der Waals surface area contributed by atoms with E-state index in [2.05, 4.69) is 45.0 Å². The Morgan fingerprint density at radius 3 is 2.70 bits per heavy atom. The minimum Gasteiger partial charge on any atom is -0.344 e. The van der Waals surface area contributed by atoms with Gasteiger partial charge in [0.25, 0.3) is 0 Å². The molecule has 0 saturated carbocycles. The topological polar surface area (TPSA) is 46.3 Å². The maximum Gasteiger partial charge on any atom is 0.232 e. The number of aryl methyl sites for hydroxylation is 1. The molecular formula is C16H26N2OS. The first-order valence-electron chi connectivity index (χ1n) is 6.91. The summed E-state index contributed by atoms with van der Waals surface area (Å²) in [7, 11) is 1.85. The Hall–Kier alpha value is -1.00. The van der Waals surface area contributed by atoms with E-state index in [4.69, 9.17) is 5.73 Å². The molecule has 3 nitrogen and oxygen atoms in total. The highest BCUT2D eigenvalue weighted by Crippen LogP contribution is 2.17. The molecule has 0 aromatic heterocycles. The van der Waals surface area contributed by atoms with E-state index in [1.165, 1.54) is 11.1 Å². The molecule has 4 heteroatoms. The average Bonchev–Trinajstić information content (AvgIpc) is 2.38. The van der Waals surface area contributed by atoms with Gasteiger partial charge in [0.15, 0.2) is 0 Å². The highest BCUT2D eigenvalue weighted by molar-refractivity contribution is 7.99. The van der Waals surface area contributed by atoms with Crippen molar-refractivity contribution in [2.45, 2.75) is 26.5 Å². The SMILES string of the molecule is Cc1cccc(CSCC(=O)N(C)CC(C)(C)CN)c1. The van der Waals surface area contributed by atoms with E-state index in [1.807, 2.05) is 7.05 Å². The molecule has 0 heterocycles. The maximum absolute atomic E-state index is 12.1. The van der Waals surface area contributed by atoms with Gasteiger partial charge in [0.1, 0.15) is 0 Å². The van der Waals surface area contributed by atoms with Crippen LogP contribution < -0.4 is 5.73 Å². The van der Waals surface area contributed by atoms with E-state index in [9.17, 15) is 4.79 Å². The summed E-state index contributed by atoms with van der Waals surface area (Å²) < 4.78 is 0. The largest absolute Gasteiger partial charge is 0.344 e. The number of carbonyl (C=O) groups excluding carboxylic acids is 1. The summed E-state index contributed by atoms with van der Waals surface area (Å²) in [5, 5.41) is 0. The number of hydrogen-bond donors (Lipinski definition) is 1. The van der Waals surface area contributed by atoms with Crippen molar-refractivity contribution < 1.29 is 4.79 Å². The van der Waals surface area contributed by atoms with Gasteiger partial charge in [-0.1, -0.05) is 43.7 Å². The van der Waals surface area contributed by atoms with Gasteiger partial charge in [-0.15, -0.1) is 11.8 Å². The number of thioether (sulfide) groups is 1. The average molecular weight is 294 g/mol. The predicted molar refractivity (Wildman–Crippen MR) is 87.8 cm³/mol. The van der Waals surface area contributed by atoms with Gasteiger partial charge >= 0.3 is 0 Å². The van der Waals surface area contributed by atoms with Gasteiger partial charge in [-0.05, 0) is 24.4 Å². The molecule has 1 amide bonds. The van der Waals surface area contributed by atoms with E-state index >= 15 is 0 Å². The number of carbonyl (C=O) groups is 1. The summed E-state index contributed by atoms with van der Waals surface area (Å²) in [4.78, 5) is 13.8. The van der Waals surface area contributed by atoms with Crippen LogP contribution in [0.2, 0.25) is 0 Å². The first-order valence-corrected chi connectivity index (χ1v) is 8.07. The highest BCUT2D eigenvalue weighted by atomic mass is 32.2. The summed E-state index contributed by atoms with van der Waals surface area (Å²) in [5.74, 6) is 1.57. The van der Waals surface area contributed by atoms with Gasteiger partial charge in [0.2, 0.25) is 5.91 Å². The lowest BCUT2D eigenvalue weighted by Crippen LogP contribution is -2.40. The number of amides is 1. The second-order valence-corrected chi connectivity index (χ2v) is 7.09. The van der Waals surface area contributed by atoms with E-state index in [1.54, 1.807) is 16.7 Å².